The Morgan fingerprint density at radius 2 is 2.06 bits per heavy atom. The van der Waals surface area contributed by atoms with Gasteiger partial charge in [-0.2, -0.15) is 0 Å². The van der Waals surface area contributed by atoms with E-state index in [-0.39, 0.29) is 5.60 Å². The Hall–Kier alpha value is -0.120. The van der Waals surface area contributed by atoms with E-state index in [1.54, 1.807) is 0 Å². The largest absolute Gasteiger partial charge is 0.371 e. The first-order valence-electron chi connectivity index (χ1n) is 7.11. The first kappa shape index (κ1) is 13.3. The van der Waals surface area contributed by atoms with Crippen LogP contribution < -0.4 is 5.32 Å². The Kier molecular flexibility index (Phi) is 4.11. The molecule has 0 aliphatic carbocycles. The minimum absolute atomic E-state index is 0.101. The first-order chi connectivity index (χ1) is 7.96. The minimum atomic E-state index is 0.101. The van der Waals surface area contributed by atoms with Gasteiger partial charge in [0.1, 0.15) is 0 Å². The Bertz CT molecular complexity index is 255. The number of hydrogen-bond acceptors (Lipinski definition) is 3. The Balaban J connectivity index is 1.88. The highest BCUT2D eigenvalue weighted by Crippen LogP contribution is 2.30. The van der Waals surface area contributed by atoms with E-state index in [0.717, 1.165) is 19.6 Å². The maximum absolute atomic E-state index is 6.11. The molecule has 0 aromatic carbocycles. The van der Waals surface area contributed by atoms with Crippen LogP contribution in [0.4, 0.5) is 0 Å². The molecular formula is C14H28N2O. The van der Waals surface area contributed by atoms with Crippen LogP contribution in [0.2, 0.25) is 0 Å². The van der Waals surface area contributed by atoms with Crippen LogP contribution >= 0.6 is 0 Å². The summed E-state index contributed by atoms with van der Waals surface area (Å²) in [5.41, 5.74) is 0.101. The number of nitrogens with one attached hydrogen (secondary N) is 1. The summed E-state index contributed by atoms with van der Waals surface area (Å²) in [4.78, 5) is 2.61. The second kappa shape index (κ2) is 5.25. The Labute approximate surface area is 106 Å². The number of rotatable bonds is 2. The number of ether oxygens (including phenoxy) is 1. The lowest BCUT2D eigenvalue weighted by molar-refractivity contribution is -0.0329. The molecule has 2 aliphatic heterocycles. The van der Waals surface area contributed by atoms with Crippen molar-refractivity contribution in [3.05, 3.63) is 0 Å². The number of nitrogens with zero attached hydrogens (tertiary/aromatic N) is 1. The third-order valence-corrected chi connectivity index (χ3v) is 4.18. The van der Waals surface area contributed by atoms with Crippen LogP contribution in [0, 0.1) is 0 Å². The van der Waals surface area contributed by atoms with E-state index in [1.165, 1.54) is 19.3 Å². The first-order valence-corrected chi connectivity index (χ1v) is 7.11. The summed E-state index contributed by atoms with van der Waals surface area (Å²) < 4.78 is 6.11. The smallest absolute Gasteiger partial charge is 0.0710 e. The van der Waals surface area contributed by atoms with Gasteiger partial charge in [-0.05, 0) is 53.5 Å². The van der Waals surface area contributed by atoms with Crippen molar-refractivity contribution in [2.75, 3.05) is 19.6 Å². The van der Waals surface area contributed by atoms with Crippen molar-refractivity contribution in [2.45, 2.75) is 70.7 Å². The van der Waals surface area contributed by atoms with Gasteiger partial charge >= 0.3 is 0 Å². The molecule has 0 saturated carbocycles. The van der Waals surface area contributed by atoms with Crippen molar-refractivity contribution >= 4 is 0 Å². The van der Waals surface area contributed by atoms with Gasteiger partial charge in [0.05, 0.1) is 11.7 Å². The van der Waals surface area contributed by atoms with Crippen molar-refractivity contribution in [2.24, 2.45) is 0 Å². The van der Waals surface area contributed by atoms with Crippen molar-refractivity contribution in [3.63, 3.8) is 0 Å². The SMILES string of the molecule is CC1CN(CC2CCC(C)(C)O2)C(C)CCN1. The van der Waals surface area contributed by atoms with E-state index < -0.39 is 0 Å². The molecule has 2 aliphatic rings. The average Bonchev–Trinajstić information content (AvgIpc) is 2.48. The standard InChI is InChI=1S/C14H28N2O/c1-11-9-16(12(2)6-8-15-11)10-13-5-7-14(3,4)17-13/h11-13,15H,5-10H2,1-4H3. The van der Waals surface area contributed by atoms with E-state index in [0.29, 0.717) is 18.2 Å². The summed E-state index contributed by atoms with van der Waals surface area (Å²) in [6.07, 6.45) is 4.12. The topological polar surface area (TPSA) is 24.5 Å². The van der Waals surface area contributed by atoms with Gasteiger partial charge in [-0.1, -0.05) is 0 Å². The normalized spacial score (nSPS) is 39.2. The van der Waals surface area contributed by atoms with E-state index >= 15 is 0 Å². The molecule has 3 atom stereocenters. The Morgan fingerprint density at radius 3 is 2.71 bits per heavy atom. The summed E-state index contributed by atoms with van der Waals surface area (Å²) in [6.45, 7) is 12.5. The van der Waals surface area contributed by atoms with Crippen LogP contribution in [0.1, 0.15) is 47.0 Å². The fraction of sp³-hybridized carbons (Fsp3) is 1.00. The van der Waals surface area contributed by atoms with Crippen molar-refractivity contribution in [1.82, 2.24) is 10.2 Å². The predicted octanol–water partition coefficient (Wildman–Crippen LogP) is 2.02. The molecule has 3 heteroatoms. The van der Waals surface area contributed by atoms with Crippen LogP contribution in [-0.4, -0.2) is 48.3 Å². The van der Waals surface area contributed by atoms with Gasteiger partial charge in [-0.3, -0.25) is 4.90 Å². The highest BCUT2D eigenvalue weighted by molar-refractivity contribution is 4.86. The molecule has 3 unspecified atom stereocenters. The molecule has 2 fully saturated rings. The zero-order valence-corrected chi connectivity index (χ0v) is 11.8. The van der Waals surface area contributed by atoms with Crippen LogP contribution in [0.5, 0.6) is 0 Å². The predicted molar refractivity (Wildman–Crippen MR) is 71.3 cm³/mol. The van der Waals surface area contributed by atoms with E-state index in [4.69, 9.17) is 4.74 Å². The quantitative estimate of drug-likeness (QED) is 0.799. The van der Waals surface area contributed by atoms with Gasteiger partial charge in [-0.15, -0.1) is 0 Å². The summed E-state index contributed by atoms with van der Waals surface area (Å²) in [7, 11) is 0. The van der Waals surface area contributed by atoms with Gasteiger partial charge in [0.25, 0.3) is 0 Å². The minimum Gasteiger partial charge on any atom is -0.371 e. The molecule has 17 heavy (non-hydrogen) atoms. The molecule has 0 radical (unpaired) electrons. The van der Waals surface area contributed by atoms with E-state index in [9.17, 15) is 0 Å². The maximum Gasteiger partial charge on any atom is 0.0710 e. The molecule has 0 bridgehead atoms. The molecule has 1 N–H and O–H groups in total. The second-order valence-electron chi connectivity index (χ2n) is 6.48. The van der Waals surface area contributed by atoms with Crippen molar-refractivity contribution < 1.29 is 4.74 Å². The van der Waals surface area contributed by atoms with Crippen molar-refractivity contribution in [3.8, 4) is 0 Å². The third-order valence-electron chi connectivity index (χ3n) is 4.18. The summed E-state index contributed by atoms with van der Waals surface area (Å²) >= 11 is 0. The molecule has 0 amide bonds. The lowest BCUT2D eigenvalue weighted by Gasteiger charge is -2.31. The second-order valence-corrected chi connectivity index (χ2v) is 6.48. The molecule has 100 valence electrons. The summed E-state index contributed by atoms with van der Waals surface area (Å²) in [5, 5.41) is 3.56. The maximum atomic E-state index is 6.11. The number of hydrogen-bond donors (Lipinski definition) is 1. The van der Waals surface area contributed by atoms with Gasteiger partial charge in [0.15, 0.2) is 0 Å². The lowest BCUT2D eigenvalue weighted by Crippen LogP contribution is -2.43. The van der Waals surface area contributed by atoms with Gasteiger partial charge in [-0.25, -0.2) is 0 Å². The van der Waals surface area contributed by atoms with Gasteiger partial charge < -0.3 is 10.1 Å². The molecule has 2 heterocycles. The molecule has 0 aromatic heterocycles. The lowest BCUT2D eigenvalue weighted by atomic mass is 10.1. The summed E-state index contributed by atoms with van der Waals surface area (Å²) in [6, 6.07) is 1.29. The average molecular weight is 240 g/mol. The van der Waals surface area contributed by atoms with Crippen LogP contribution in [0.15, 0.2) is 0 Å². The molecule has 2 saturated heterocycles. The van der Waals surface area contributed by atoms with E-state index in [2.05, 4.69) is 37.9 Å². The zero-order valence-electron chi connectivity index (χ0n) is 11.8. The van der Waals surface area contributed by atoms with E-state index in [1.807, 2.05) is 0 Å². The van der Waals surface area contributed by atoms with Gasteiger partial charge in [0.2, 0.25) is 0 Å². The summed E-state index contributed by atoms with van der Waals surface area (Å²) in [5.74, 6) is 0. The highest BCUT2D eigenvalue weighted by Gasteiger charge is 2.33. The monoisotopic (exact) mass is 240 g/mol. The Morgan fingerprint density at radius 1 is 1.29 bits per heavy atom. The van der Waals surface area contributed by atoms with Crippen LogP contribution in [0.25, 0.3) is 0 Å². The fourth-order valence-electron chi connectivity index (χ4n) is 3.04. The fourth-order valence-corrected chi connectivity index (χ4v) is 3.04. The molecular weight excluding hydrogens is 212 g/mol. The highest BCUT2D eigenvalue weighted by atomic mass is 16.5. The van der Waals surface area contributed by atoms with Crippen LogP contribution in [0.3, 0.4) is 0 Å². The van der Waals surface area contributed by atoms with Crippen LogP contribution in [-0.2, 0) is 4.74 Å². The van der Waals surface area contributed by atoms with Crippen molar-refractivity contribution in [1.29, 1.82) is 0 Å². The molecule has 2 rings (SSSR count). The molecule has 0 spiro atoms. The molecule has 3 nitrogen and oxygen atoms in total. The third kappa shape index (κ3) is 3.67. The zero-order chi connectivity index (χ0) is 12.5. The van der Waals surface area contributed by atoms with Gasteiger partial charge in [0, 0.05) is 25.2 Å². The molecule has 0 aromatic rings.